The van der Waals surface area contributed by atoms with E-state index in [9.17, 15) is 18.0 Å². The van der Waals surface area contributed by atoms with Crippen molar-refractivity contribution in [2.45, 2.75) is 31.2 Å². The first-order valence-electron chi connectivity index (χ1n) is 10.8. The fraction of sp³-hybridized carbons (Fsp3) is 0.375. The molecule has 0 aromatic heterocycles. The molecule has 1 fully saturated rings. The van der Waals surface area contributed by atoms with Crippen LogP contribution in [0.25, 0.3) is 0 Å². The molecule has 1 aliphatic heterocycles. The van der Waals surface area contributed by atoms with Crippen LogP contribution in [-0.4, -0.2) is 61.7 Å². The van der Waals surface area contributed by atoms with E-state index < -0.39 is 16.1 Å². The molecule has 1 heterocycles. The van der Waals surface area contributed by atoms with Gasteiger partial charge in [-0.25, -0.2) is 8.42 Å². The van der Waals surface area contributed by atoms with Crippen molar-refractivity contribution in [2.75, 3.05) is 26.2 Å². The summed E-state index contributed by atoms with van der Waals surface area (Å²) in [5.41, 5.74) is 1.25. The third kappa shape index (κ3) is 5.97. The summed E-state index contributed by atoms with van der Waals surface area (Å²) in [6, 6.07) is 16.4. The SMILES string of the molecule is CC(C)[C@H](NC(=O)Cc1ccccc1)C(=O)N1CCN(S(=O)(=O)c2ccc(C#N)cc2)CC1. The Kier molecular flexibility index (Phi) is 7.84. The van der Waals surface area contributed by atoms with E-state index in [1.807, 2.05) is 50.2 Å². The van der Waals surface area contributed by atoms with Crippen molar-refractivity contribution in [1.82, 2.24) is 14.5 Å². The van der Waals surface area contributed by atoms with Crippen molar-refractivity contribution < 1.29 is 18.0 Å². The fourth-order valence-electron chi connectivity index (χ4n) is 3.72. The highest BCUT2D eigenvalue weighted by Crippen LogP contribution is 2.19. The summed E-state index contributed by atoms with van der Waals surface area (Å²) >= 11 is 0. The molecule has 33 heavy (non-hydrogen) atoms. The van der Waals surface area contributed by atoms with Gasteiger partial charge in [0.2, 0.25) is 21.8 Å². The van der Waals surface area contributed by atoms with Gasteiger partial charge in [-0.1, -0.05) is 44.2 Å². The molecule has 1 atom stereocenters. The second-order valence-corrected chi connectivity index (χ2v) is 10.3. The lowest BCUT2D eigenvalue weighted by molar-refractivity contribution is -0.138. The second-order valence-electron chi connectivity index (χ2n) is 8.32. The molecule has 1 aliphatic rings. The van der Waals surface area contributed by atoms with Gasteiger partial charge < -0.3 is 10.2 Å². The van der Waals surface area contributed by atoms with Crippen molar-refractivity contribution in [3.8, 4) is 6.07 Å². The first-order valence-corrected chi connectivity index (χ1v) is 12.3. The molecule has 0 spiro atoms. The Balaban J connectivity index is 1.61. The Hall–Kier alpha value is -3.22. The van der Waals surface area contributed by atoms with Gasteiger partial charge in [-0.3, -0.25) is 9.59 Å². The smallest absolute Gasteiger partial charge is 0.245 e. The van der Waals surface area contributed by atoms with Crippen LogP contribution < -0.4 is 5.32 Å². The van der Waals surface area contributed by atoms with Crippen LogP contribution >= 0.6 is 0 Å². The third-order valence-electron chi connectivity index (χ3n) is 5.63. The topological polar surface area (TPSA) is 111 Å². The van der Waals surface area contributed by atoms with Crippen LogP contribution in [0.2, 0.25) is 0 Å². The van der Waals surface area contributed by atoms with Crippen LogP contribution in [0.15, 0.2) is 59.5 Å². The number of nitrogens with zero attached hydrogens (tertiary/aromatic N) is 3. The van der Waals surface area contributed by atoms with Gasteiger partial charge in [0.25, 0.3) is 0 Å². The molecule has 0 aliphatic carbocycles. The quantitative estimate of drug-likeness (QED) is 0.666. The highest BCUT2D eigenvalue weighted by molar-refractivity contribution is 7.89. The van der Waals surface area contributed by atoms with Crippen LogP contribution in [0.3, 0.4) is 0 Å². The number of amides is 2. The first-order chi connectivity index (χ1) is 15.7. The number of benzene rings is 2. The number of nitriles is 1. The van der Waals surface area contributed by atoms with Crippen LogP contribution in [-0.2, 0) is 26.0 Å². The molecule has 9 heteroatoms. The van der Waals surface area contributed by atoms with Gasteiger partial charge in [-0.2, -0.15) is 9.57 Å². The molecule has 2 amide bonds. The lowest BCUT2D eigenvalue weighted by atomic mass is 10.0. The van der Waals surface area contributed by atoms with E-state index in [0.29, 0.717) is 5.56 Å². The molecule has 2 aromatic rings. The van der Waals surface area contributed by atoms with Crippen molar-refractivity contribution in [3.05, 3.63) is 65.7 Å². The molecule has 0 radical (unpaired) electrons. The van der Waals surface area contributed by atoms with E-state index in [-0.39, 0.29) is 55.2 Å². The number of piperazine rings is 1. The largest absolute Gasteiger partial charge is 0.344 e. The molecular weight excluding hydrogens is 440 g/mol. The predicted molar refractivity (Wildman–Crippen MR) is 123 cm³/mol. The van der Waals surface area contributed by atoms with Gasteiger partial charge in [0.15, 0.2) is 0 Å². The van der Waals surface area contributed by atoms with Crippen LogP contribution in [0.4, 0.5) is 0 Å². The van der Waals surface area contributed by atoms with E-state index in [0.717, 1.165) is 5.56 Å². The van der Waals surface area contributed by atoms with Crippen molar-refractivity contribution >= 4 is 21.8 Å². The van der Waals surface area contributed by atoms with Gasteiger partial charge in [0.05, 0.1) is 22.9 Å². The van der Waals surface area contributed by atoms with Gasteiger partial charge in [0, 0.05) is 26.2 Å². The number of carbonyl (C=O) groups is 2. The summed E-state index contributed by atoms with van der Waals surface area (Å²) in [7, 11) is -3.71. The molecule has 0 unspecified atom stereocenters. The van der Waals surface area contributed by atoms with Gasteiger partial charge in [-0.05, 0) is 35.7 Å². The summed E-state index contributed by atoms with van der Waals surface area (Å²) < 4.78 is 27.2. The summed E-state index contributed by atoms with van der Waals surface area (Å²) in [6.07, 6.45) is 0.188. The Morgan fingerprint density at radius 1 is 1.00 bits per heavy atom. The maximum atomic E-state index is 13.1. The van der Waals surface area contributed by atoms with Crippen molar-refractivity contribution in [1.29, 1.82) is 5.26 Å². The van der Waals surface area contributed by atoms with Crippen LogP contribution in [0, 0.1) is 17.2 Å². The number of rotatable bonds is 7. The molecule has 174 valence electrons. The average Bonchev–Trinajstić information content (AvgIpc) is 2.82. The van der Waals surface area contributed by atoms with E-state index in [4.69, 9.17) is 5.26 Å². The fourth-order valence-corrected chi connectivity index (χ4v) is 5.14. The molecule has 3 rings (SSSR count). The Bertz CT molecular complexity index is 1120. The lowest BCUT2D eigenvalue weighted by Crippen LogP contribution is -2.57. The maximum Gasteiger partial charge on any atom is 0.245 e. The normalized spacial score (nSPS) is 15.6. The number of nitrogens with one attached hydrogen (secondary N) is 1. The van der Waals surface area contributed by atoms with E-state index in [2.05, 4.69) is 5.32 Å². The highest BCUT2D eigenvalue weighted by atomic mass is 32.2. The molecular formula is C24H28N4O4S. The Labute approximate surface area is 194 Å². The minimum absolute atomic E-state index is 0.113. The summed E-state index contributed by atoms with van der Waals surface area (Å²) in [5.74, 6) is -0.547. The summed E-state index contributed by atoms with van der Waals surface area (Å²) in [4.78, 5) is 27.4. The van der Waals surface area contributed by atoms with Crippen molar-refractivity contribution in [2.24, 2.45) is 5.92 Å². The molecule has 0 bridgehead atoms. The minimum Gasteiger partial charge on any atom is -0.344 e. The zero-order valence-corrected chi connectivity index (χ0v) is 19.6. The molecule has 1 saturated heterocycles. The maximum absolute atomic E-state index is 13.1. The Morgan fingerprint density at radius 3 is 2.15 bits per heavy atom. The summed E-state index contributed by atoms with van der Waals surface area (Å²) in [6.45, 7) is 4.56. The number of hydrogen-bond donors (Lipinski definition) is 1. The molecule has 8 nitrogen and oxygen atoms in total. The highest BCUT2D eigenvalue weighted by Gasteiger charge is 2.34. The molecule has 2 aromatic carbocycles. The van der Waals surface area contributed by atoms with Crippen molar-refractivity contribution in [3.63, 3.8) is 0 Å². The minimum atomic E-state index is -3.71. The average molecular weight is 469 g/mol. The van der Waals surface area contributed by atoms with Gasteiger partial charge in [-0.15, -0.1) is 0 Å². The van der Waals surface area contributed by atoms with Crippen LogP contribution in [0.5, 0.6) is 0 Å². The van der Waals surface area contributed by atoms with Gasteiger partial charge in [0.1, 0.15) is 6.04 Å². The zero-order chi connectivity index (χ0) is 24.0. The monoisotopic (exact) mass is 468 g/mol. The zero-order valence-electron chi connectivity index (χ0n) is 18.8. The predicted octanol–water partition coefficient (Wildman–Crippen LogP) is 1.77. The second kappa shape index (κ2) is 10.6. The molecule has 1 N–H and O–H groups in total. The van der Waals surface area contributed by atoms with Crippen LogP contribution in [0.1, 0.15) is 25.0 Å². The number of hydrogen-bond acceptors (Lipinski definition) is 5. The standard InChI is InChI=1S/C24H28N4O4S/c1-18(2)23(26-22(29)16-19-6-4-3-5-7-19)24(30)27-12-14-28(15-13-27)33(31,32)21-10-8-20(17-25)9-11-21/h3-11,18,23H,12-16H2,1-2H3,(H,26,29)/t23-/m0/s1. The van der Waals surface area contributed by atoms with Gasteiger partial charge >= 0.3 is 0 Å². The first kappa shape index (κ1) is 24.4. The Morgan fingerprint density at radius 2 is 1.61 bits per heavy atom. The number of sulfonamides is 1. The van der Waals surface area contributed by atoms with E-state index in [1.165, 1.54) is 28.6 Å². The molecule has 0 saturated carbocycles. The lowest BCUT2D eigenvalue weighted by Gasteiger charge is -2.36. The summed E-state index contributed by atoms with van der Waals surface area (Å²) in [5, 5.41) is 11.8. The number of carbonyl (C=O) groups excluding carboxylic acids is 2. The van der Waals surface area contributed by atoms with E-state index in [1.54, 1.807) is 4.90 Å². The third-order valence-corrected chi connectivity index (χ3v) is 7.54. The van der Waals surface area contributed by atoms with E-state index >= 15 is 0 Å².